The first-order valence-corrected chi connectivity index (χ1v) is 10.1. The summed E-state index contributed by atoms with van der Waals surface area (Å²) in [5.74, 6) is -0.498. The molecule has 1 atom stereocenters. The molecule has 0 bridgehead atoms. The molecule has 1 N–H and O–H groups in total. The Bertz CT molecular complexity index is 770. The van der Waals surface area contributed by atoms with E-state index in [2.05, 4.69) is 10.2 Å². The number of aromatic nitrogens is 2. The van der Waals surface area contributed by atoms with Crippen molar-refractivity contribution < 1.29 is 32.6 Å². The smallest absolute Gasteiger partial charge is 0.435 e. The average molecular weight is 446 g/mol. The highest BCUT2D eigenvalue weighted by Crippen LogP contribution is 2.28. The quantitative estimate of drug-likeness (QED) is 0.742. The van der Waals surface area contributed by atoms with E-state index in [-0.39, 0.29) is 23.8 Å². The van der Waals surface area contributed by atoms with E-state index in [4.69, 9.17) is 4.74 Å². The molecule has 2 heterocycles. The number of hydrogen-bond donors (Lipinski definition) is 1. The van der Waals surface area contributed by atoms with Crippen LogP contribution in [0.4, 0.5) is 18.0 Å². The van der Waals surface area contributed by atoms with Gasteiger partial charge in [0.25, 0.3) is 0 Å². The monoisotopic (exact) mass is 446 g/mol. The van der Waals surface area contributed by atoms with Gasteiger partial charge in [0, 0.05) is 37.5 Å². The lowest BCUT2D eigenvalue weighted by molar-refractivity contribution is -0.142. The molecule has 0 spiro atoms. The van der Waals surface area contributed by atoms with Gasteiger partial charge in [-0.25, -0.2) is 4.79 Å². The number of halogens is 3. The lowest BCUT2D eigenvalue weighted by Crippen LogP contribution is -2.60. The summed E-state index contributed by atoms with van der Waals surface area (Å²) < 4.78 is 43.4. The van der Waals surface area contributed by atoms with Gasteiger partial charge >= 0.3 is 12.3 Å². The van der Waals surface area contributed by atoms with Gasteiger partial charge in [0.05, 0.1) is 0 Å². The van der Waals surface area contributed by atoms with Crippen LogP contribution in [0.2, 0.25) is 0 Å². The molecular weight excluding hydrogens is 417 g/mol. The Labute approximate surface area is 179 Å². The van der Waals surface area contributed by atoms with Crippen molar-refractivity contribution >= 4 is 12.0 Å². The van der Waals surface area contributed by atoms with E-state index < -0.39 is 29.5 Å². The van der Waals surface area contributed by atoms with Crippen LogP contribution in [0.1, 0.15) is 53.2 Å². The highest BCUT2D eigenvalue weighted by atomic mass is 19.4. The van der Waals surface area contributed by atoms with Crippen molar-refractivity contribution in [3.05, 3.63) is 17.8 Å². The van der Waals surface area contributed by atoms with Gasteiger partial charge in [-0.05, 0) is 32.8 Å². The molecule has 8 nitrogen and oxygen atoms in total. The first-order chi connectivity index (χ1) is 14.2. The minimum absolute atomic E-state index is 0.0115. The fraction of sp³-hybridized carbons (Fsp3) is 0.700. The summed E-state index contributed by atoms with van der Waals surface area (Å²) in [5, 5.41) is 16.3. The number of alkyl halides is 3. The van der Waals surface area contributed by atoms with E-state index in [1.54, 1.807) is 25.7 Å². The molecule has 31 heavy (non-hydrogen) atoms. The summed E-state index contributed by atoms with van der Waals surface area (Å²) in [6.45, 7) is 9.54. The van der Waals surface area contributed by atoms with Gasteiger partial charge in [-0.15, -0.1) is 10.2 Å². The number of rotatable bonds is 5. The van der Waals surface area contributed by atoms with Gasteiger partial charge in [0.15, 0.2) is 5.69 Å². The number of nitrogens with zero attached hydrogens (tertiary/aromatic N) is 4. The van der Waals surface area contributed by atoms with Crippen LogP contribution in [0.15, 0.2) is 12.1 Å². The lowest BCUT2D eigenvalue weighted by atomic mass is 9.94. The second-order valence-corrected chi connectivity index (χ2v) is 8.91. The molecule has 2 amide bonds. The maximum atomic E-state index is 13.2. The Balaban J connectivity index is 2.02. The third-order valence-corrected chi connectivity index (χ3v) is 5.06. The zero-order valence-corrected chi connectivity index (χ0v) is 18.3. The molecule has 1 fully saturated rings. The van der Waals surface area contributed by atoms with Crippen molar-refractivity contribution in [3.63, 3.8) is 0 Å². The maximum Gasteiger partial charge on any atom is 0.435 e. The summed E-state index contributed by atoms with van der Waals surface area (Å²) in [5.41, 5.74) is -1.85. The number of ether oxygens (including phenoxy) is 1. The number of piperidine rings is 1. The highest BCUT2D eigenvalue weighted by molar-refractivity contribution is 5.86. The number of carboxylic acid groups (broad SMARTS) is 1. The van der Waals surface area contributed by atoms with Crippen molar-refractivity contribution in [1.82, 2.24) is 20.0 Å². The van der Waals surface area contributed by atoms with E-state index >= 15 is 0 Å². The Morgan fingerprint density at radius 3 is 2.13 bits per heavy atom. The third kappa shape index (κ3) is 6.20. The third-order valence-electron chi connectivity index (χ3n) is 5.06. The molecular formula is C20H29F3N4O4. The summed E-state index contributed by atoms with van der Waals surface area (Å²) >= 11 is 0. The van der Waals surface area contributed by atoms with Crippen molar-refractivity contribution in [2.24, 2.45) is 5.92 Å². The SMILES string of the molecule is CC(C)[C@@H](C(=O)N1CCC(Oc2ccc(C(F)(F)F)nn2)CC1)N(C(=O)O)C(C)(C)C. The van der Waals surface area contributed by atoms with Crippen molar-refractivity contribution in [2.75, 3.05) is 13.1 Å². The molecule has 1 aliphatic rings. The second-order valence-electron chi connectivity index (χ2n) is 8.91. The van der Waals surface area contributed by atoms with Gasteiger partial charge in [-0.1, -0.05) is 13.8 Å². The Morgan fingerprint density at radius 1 is 1.16 bits per heavy atom. The molecule has 0 aliphatic carbocycles. The second kappa shape index (κ2) is 9.27. The van der Waals surface area contributed by atoms with Gasteiger partial charge in [-0.3, -0.25) is 9.69 Å². The molecule has 1 aliphatic heterocycles. The van der Waals surface area contributed by atoms with Gasteiger partial charge in [-0.2, -0.15) is 13.2 Å². The molecule has 1 aromatic rings. The molecule has 1 aromatic heterocycles. The maximum absolute atomic E-state index is 13.2. The van der Waals surface area contributed by atoms with E-state index in [9.17, 15) is 27.9 Å². The van der Waals surface area contributed by atoms with Crippen LogP contribution in [0.3, 0.4) is 0 Å². The molecule has 174 valence electrons. The number of carbonyl (C=O) groups excluding carboxylic acids is 1. The van der Waals surface area contributed by atoms with Crippen LogP contribution in [-0.4, -0.2) is 67.9 Å². The van der Waals surface area contributed by atoms with Gasteiger partial charge in [0.2, 0.25) is 11.8 Å². The van der Waals surface area contributed by atoms with Crippen LogP contribution >= 0.6 is 0 Å². The molecule has 0 unspecified atom stereocenters. The fourth-order valence-corrected chi connectivity index (χ4v) is 3.60. The van der Waals surface area contributed by atoms with Gasteiger partial charge in [0.1, 0.15) is 12.1 Å². The van der Waals surface area contributed by atoms with E-state index in [0.29, 0.717) is 25.9 Å². The predicted molar refractivity (Wildman–Crippen MR) is 106 cm³/mol. The fourth-order valence-electron chi connectivity index (χ4n) is 3.60. The van der Waals surface area contributed by atoms with Crippen LogP contribution in [0, 0.1) is 5.92 Å². The Hall–Kier alpha value is -2.59. The van der Waals surface area contributed by atoms with Crippen LogP contribution in [0.5, 0.6) is 5.88 Å². The zero-order valence-electron chi connectivity index (χ0n) is 18.3. The first-order valence-electron chi connectivity index (χ1n) is 10.1. The van der Waals surface area contributed by atoms with Crippen molar-refractivity contribution in [3.8, 4) is 5.88 Å². The van der Waals surface area contributed by atoms with Crippen LogP contribution < -0.4 is 4.74 Å². The summed E-state index contributed by atoms with van der Waals surface area (Å²) in [6.07, 6.45) is -5.16. The number of carbonyl (C=O) groups is 2. The average Bonchev–Trinajstić information content (AvgIpc) is 2.64. The topological polar surface area (TPSA) is 95.9 Å². The first kappa shape index (κ1) is 24.7. The predicted octanol–water partition coefficient (Wildman–Crippen LogP) is 3.67. The minimum Gasteiger partial charge on any atom is -0.473 e. The molecule has 0 radical (unpaired) electrons. The van der Waals surface area contributed by atoms with Gasteiger partial charge < -0.3 is 14.7 Å². The number of hydrogen-bond acceptors (Lipinski definition) is 5. The Kier molecular flexibility index (Phi) is 7.38. The molecule has 1 saturated heterocycles. The van der Waals surface area contributed by atoms with E-state index in [0.717, 1.165) is 12.1 Å². The summed E-state index contributed by atoms with van der Waals surface area (Å²) in [7, 11) is 0. The molecule has 11 heteroatoms. The highest BCUT2D eigenvalue weighted by Gasteiger charge is 2.41. The summed E-state index contributed by atoms with van der Waals surface area (Å²) in [4.78, 5) is 27.9. The van der Waals surface area contributed by atoms with Crippen LogP contribution in [0.25, 0.3) is 0 Å². The molecule has 2 rings (SSSR count). The van der Waals surface area contributed by atoms with Crippen LogP contribution in [-0.2, 0) is 11.0 Å². The van der Waals surface area contributed by atoms with E-state index in [1.807, 2.05) is 13.8 Å². The largest absolute Gasteiger partial charge is 0.473 e. The van der Waals surface area contributed by atoms with E-state index in [1.165, 1.54) is 4.90 Å². The number of amides is 2. The lowest BCUT2D eigenvalue weighted by Gasteiger charge is -2.43. The zero-order chi connectivity index (χ0) is 23.6. The standard InChI is InChI=1S/C20H29F3N4O4/c1-12(2)16(27(18(29)30)19(3,4)5)17(28)26-10-8-13(9-11-26)31-15-7-6-14(24-25-15)20(21,22)23/h6-7,12-13,16H,8-11H2,1-5H3,(H,29,30)/t16-/m0/s1. The summed E-state index contributed by atoms with van der Waals surface area (Å²) in [6, 6.07) is 1.10. The Morgan fingerprint density at radius 2 is 1.74 bits per heavy atom. The van der Waals surface area contributed by atoms with Crippen molar-refractivity contribution in [2.45, 2.75) is 71.3 Å². The minimum atomic E-state index is -4.57. The number of likely N-dealkylation sites (tertiary alicyclic amines) is 1. The van der Waals surface area contributed by atoms with Crippen molar-refractivity contribution in [1.29, 1.82) is 0 Å². The molecule has 0 saturated carbocycles. The normalized spacial score (nSPS) is 16.9. The molecule has 0 aromatic carbocycles.